The number of para-hydroxylation sites is 1. The van der Waals surface area contributed by atoms with Crippen molar-refractivity contribution in [2.24, 2.45) is 4.99 Å². The van der Waals surface area contributed by atoms with E-state index in [1.807, 2.05) is 67.1 Å². The van der Waals surface area contributed by atoms with Gasteiger partial charge in [0.2, 0.25) is 5.89 Å². The first-order valence-corrected chi connectivity index (χ1v) is 10.8. The molecule has 2 N–H and O–H groups in total. The van der Waals surface area contributed by atoms with Gasteiger partial charge >= 0.3 is 0 Å². The second-order valence-corrected chi connectivity index (χ2v) is 7.46. The van der Waals surface area contributed by atoms with E-state index in [0.717, 1.165) is 46.4 Å². The Bertz CT molecular complexity index is 1180. The Balaban J connectivity index is 0.00000306. The van der Waals surface area contributed by atoms with Gasteiger partial charge in [0.05, 0.1) is 30.2 Å². The summed E-state index contributed by atoms with van der Waals surface area (Å²) in [6.07, 6.45) is 1.68. The first kappa shape index (κ1) is 24.5. The van der Waals surface area contributed by atoms with Crippen LogP contribution in [-0.4, -0.2) is 27.3 Å². The van der Waals surface area contributed by atoms with Crippen molar-refractivity contribution in [2.45, 2.75) is 33.9 Å². The number of aromatic nitrogens is 3. The van der Waals surface area contributed by atoms with Crippen molar-refractivity contribution in [3.8, 4) is 17.1 Å². The van der Waals surface area contributed by atoms with Crippen LogP contribution in [0.1, 0.15) is 29.6 Å². The zero-order chi connectivity index (χ0) is 22.3. The number of guanidine groups is 1. The molecular formula is C25H29IN6O. The number of hydrogen-bond donors (Lipinski definition) is 2. The maximum atomic E-state index is 5.63. The van der Waals surface area contributed by atoms with Crippen LogP contribution in [0.25, 0.3) is 17.1 Å². The minimum Gasteiger partial charge on any atom is -0.444 e. The van der Waals surface area contributed by atoms with E-state index in [-0.39, 0.29) is 24.0 Å². The third-order valence-electron chi connectivity index (χ3n) is 5.19. The number of aliphatic imine (C=N–C) groups is 1. The van der Waals surface area contributed by atoms with Gasteiger partial charge in [-0.2, -0.15) is 5.10 Å². The number of hydrogen-bond acceptors (Lipinski definition) is 4. The fraction of sp³-hybridized carbons (Fsp3) is 0.240. The first-order valence-electron chi connectivity index (χ1n) is 10.8. The molecule has 0 unspecified atom stereocenters. The molecule has 0 spiro atoms. The number of halogens is 1. The summed E-state index contributed by atoms with van der Waals surface area (Å²) in [5.74, 6) is 1.34. The molecule has 33 heavy (non-hydrogen) atoms. The van der Waals surface area contributed by atoms with Crippen LogP contribution in [-0.2, 0) is 13.1 Å². The Labute approximate surface area is 211 Å². The second-order valence-electron chi connectivity index (χ2n) is 7.46. The molecule has 8 heteroatoms. The van der Waals surface area contributed by atoms with Gasteiger partial charge < -0.3 is 15.1 Å². The van der Waals surface area contributed by atoms with Crippen molar-refractivity contribution in [1.82, 2.24) is 25.4 Å². The molecular weight excluding hydrogens is 527 g/mol. The van der Waals surface area contributed by atoms with E-state index < -0.39 is 0 Å². The molecule has 0 atom stereocenters. The molecule has 2 heterocycles. The number of nitrogens with zero attached hydrogens (tertiary/aromatic N) is 4. The summed E-state index contributed by atoms with van der Waals surface area (Å²) in [7, 11) is 0. The lowest BCUT2D eigenvalue weighted by molar-refractivity contribution is 0.572. The Morgan fingerprint density at radius 1 is 1.00 bits per heavy atom. The van der Waals surface area contributed by atoms with E-state index in [9.17, 15) is 0 Å². The highest BCUT2D eigenvalue weighted by Crippen LogP contribution is 2.19. The number of benzene rings is 2. The summed E-state index contributed by atoms with van der Waals surface area (Å²) in [5.41, 5.74) is 6.03. The van der Waals surface area contributed by atoms with E-state index in [1.54, 1.807) is 6.26 Å². The fourth-order valence-corrected chi connectivity index (χ4v) is 3.50. The summed E-state index contributed by atoms with van der Waals surface area (Å²) in [4.78, 5) is 9.35. The monoisotopic (exact) mass is 556 g/mol. The molecule has 4 rings (SSSR count). The van der Waals surface area contributed by atoms with E-state index in [2.05, 4.69) is 34.7 Å². The van der Waals surface area contributed by atoms with Gasteiger partial charge in [-0.05, 0) is 45.0 Å². The largest absolute Gasteiger partial charge is 0.444 e. The summed E-state index contributed by atoms with van der Waals surface area (Å²) in [5, 5.41) is 11.3. The van der Waals surface area contributed by atoms with E-state index in [1.165, 1.54) is 0 Å². The van der Waals surface area contributed by atoms with Crippen LogP contribution in [0.4, 0.5) is 0 Å². The van der Waals surface area contributed by atoms with Crippen molar-refractivity contribution < 1.29 is 4.42 Å². The van der Waals surface area contributed by atoms with Crippen molar-refractivity contribution in [3.05, 3.63) is 89.6 Å². The lowest BCUT2D eigenvalue weighted by Crippen LogP contribution is -2.36. The van der Waals surface area contributed by atoms with Crippen LogP contribution >= 0.6 is 24.0 Å². The van der Waals surface area contributed by atoms with Crippen LogP contribution in [0.5, 0.6) is 0 Å². The molecule has 172 valence electrons. The minimum absolute atomic E-state index is 0. The molecule has 2 aromatic carbocycles. The van der Waals surface area contributed by atoms with Gasteiger partial charge in [0.1, 0.15) is 6.26 Å². The highest BCUT2D eigenvalue weighted by atomic mass is 127. The number of aryl methyl sites for hydroxylation is 1. The third kappa shape index (κ3) is 6.01. The third-order valence-corrected chi connectivity index (χ3v) is 5.19. The van der Waals surface area contributed by atoms with E-state index in [4.69, 9.17) is 14.5 Å². The van der Waals surface area contributed by atoms with Crippen molar-refractivity contribution in [3.63, 3.8) is 0 Å². The zero-order valence-corrected chi connectivity index (χ0v) is 21.4. The zero-order valence-electron chi connectivity index (χ0n) is 19.1. The van der Waals surface area contributed by atoms with Crippen LogP contribution in [0.15, 0.2) is 76.3 Å². The number of oxazole rings is 1. The Morgan fingerprint density at radius 2 is 1.70 bits per heavy atom. The van der Waals surface area contributed by atoms with Crippen molar-refractivity contribution >= 4 is 29.9 Å². The van der Waals surface area contributed by atoms with Gasteiger partial charge in [-0.1, -0.05) is 36.4 Å². The van der Waals surface area contributed by atoms with E-state index in [0.29, 0.717) is 19.0 Å². The van der Waals surface area contributed by atoms with Gasteiger partial charge in [-0.15, -0.1) is 24.0 Å². The van der Waals surface area contributed by atoms with Crippen LogP contribution < -0.4 is 10.6 Å². The highest BCUT2D eigenvalue weighted by Gasteiger charge is 2.13. The molecule has 0 radical (unpaired) electrons. The summed E-state index contributed by atoms with van der Waals surface area (Å²) in [6.45, 7) is 7.97. The normalized spacial score (nSPS) is 11.2. The maximum Gasteiger partial charge on any atom is 0.226 e. The number of nitrogens with one attached hydrogen (secondary N) is 2. The van der Waals surface area contributed by atoms with Gasteiger partial charge in [-0.3, -0.25) is 0 Å². The van der Waals surface area contributed by atoms with Gasteiger partial charge in [-0.25, -0.2) is 14.7 Å². The average molecular weight is 556 g/mol. The van der Waals surface area contributed by atoms with Gasteiger partial charge in [0.25, 0.3) is 0 Å². The lowest BCUT2D eigenvalue weighted by Gasteiger charge is -2.10. The van der Waals surface area contributed by atoms with E-state index >= 15 is 0 Å². The number of rotatable bonds is 7. The smallest absolute Gasteiger partial charge is 0.226 e. The van der Waals surface area contributed by atoms with Crippen molar-refractivity contribution in [1.29, 1.82) is 0 Å². The van der Waals surface area contributed by atoms with Crippen LogP contribution in [0, 0.1) is 13.8 Å². The Hall–Kier alpha value is -3.14. The quantitative estimate of drug-likeness (QED) is 0.190. The molecule has 0 fully saturated rings. The predicted octanol–water partition coefficient (Wildman–Crippen LogP) is 5.02. The van der Waals surface area contributed by atoms with Gasteiger partial charge in [0, 0.05) is 23.4 Å². The molecule has 0 aliphatic carbocycles. The molecule has 0 amide bonds. The Morgan fingerprint density at radius 3 is 2.39 bits per heavy atom. The molecule has 2 aromatic heterocycles. The van der Waals surface area contributed by atoms with Crippen LogP contribution in [0.3, 0.4) is 0 Å². The molecule has 0 saturated carbocycles. The van der Waals surface area contributed by atoms with Crippen LogP contribution in [0.2, 0.25) is 0 Å². The molecule has 0 bridgehead atoms. The maximum absolute atomic E-state index is 5.63. The highest BCUT2D eigenvalue weighted by molar-refractivity contribution is 14.0. The standard InChI is InChI=1S/C25H28N6O.HI/c1-4-26-25(27-15-21-17-32-24(29-21)20-11-7-5-8-12-20)28-16-23-18(2)30-31(19(23)3)22-13-9-6-10-14-22;/h5-14,17H,4,15-16H2,1-3H3,(H2,26,27,28);1H. The SMILES string of the molecule is CCNC(=NCc1c(C)nn(-c2ccccc2)c1C)NCc1coc(-c2ccccc2)n1.I. The predicted molar refractivity (Wildman–Crippen MR) is 142 cm³/mol. The fourth-order valence-electron chi connectivity index (χ4n) is 3.50. The summed E-state index contributed by atoms with van der Waals surface area (Å²) < 4.78 is 7.60. The topological polar surface area (TPSA) is 80.3 Å². The lowest BCUT2D eigenvalue weighted by atomic mass is 10.2. The molecule has 4 aromatic rings. The summed E-state index contributed by atoms with van der Waals surface area (Å²) >= 11 is 0. The molecule has 0 aliphatic rings. The minimum atomic E-state index is 0. The summed E-state index contributed by atoms with van der Waals surface area (Å²) in [6, 6.07) is 20.0. The average Bonchev–Trinajstić information content (AvgIpc) is 3.41. The Kier molecular flexibility index (Phi) is 8.65. The molecule has 7 nitrogen and oxygen atoms in total. The molecule has 0 saturated heterocycles. The van der Waals surface area contributed by atoms with Crippen molar-refractivity contribution in [2.75, 3.05) is 6.54 Å². The second kappa shape index (κ2) is 11.6. The molecule has 0 aliphatic heterocycles. The van der Waals surface area contributed by atoms with Gasteiger partial charge in [0.15, 0.2) is 5.96 Å². The first-order chi connectivity index (χ1) is 15.7.